The second-order valence-electron chi connectivity index (χ2n) is 9.19. The maximum atomic E-state index is 11.3. The van der Waals surface area contributed by atoms with Gasteiger partial charge in [-0.2, -0.15) is 0 Å². The van der Waals surface area contributed by atoms with Crippen molar-refractivity contribution in [1.29, 1.82) is 0 Å². The second kappa shape index (κ2) is 24.7. The smallest absolute Gasteiger partial charge is 0.123 e. The van der Waals surface area contributed by atoms with Gasteiger partial charge in [-0.15, -0.1) is 0 Å². The summed E-state index contributed by atoms with van der Waals surface area (Å²) in [5.41, 5.74) is 0. The van der Waals surface area contributed by atoms with Crippen molar-refractivity contribution in [3.8, 4) is 0 Å². The lowest BCUT2D eigenvalue weighted by molar-refractivity contribution is -0.111. The Morgan fingerprint density at radius 3 is 0.929 bits per heavy atom. The van der Waals surface area contributed by atoms with E-state index in [9.17, 15) is 4.79 Å². The predicted molar refractivity (Wildman–Crippen MR) is 127 cm³/mol. The van der Waals surface area contributed by atoms with Crippen LogP contribution in [0.15, 0.2) is 0 Å². The van der Waals surface area contributed by atoms with E-state index < -0.39 is 0 Å². The van der Waals surface area contributed by atoms with Gasteiger partial charge in [-0.25, -0.2) is 0 Å². The number of rotatable bonds is 24. The molecule has 0 aromatic carbocycles. The van der Waals surface area contributed by atoms with Crippen LogP contribution in [0.3, 0.4) is 0 Å². The fraction of sp³-hybridized carbons (Fsp3) is 0.963. The molecule has 0 aromatic heterocycles. The third-order valence-electron chi connectivity index (χ3n) is 6.30. The number of aldehydes is 1. The van der Waals surface area contributed by atoms with Crippen molar-refractivity contribution in [3.05, 3.63) is 0 Å². The zero-order chi connectivity index (χ0) is 20.5. The molecular formula is C27H54O. The summed E-state index contributed by atoms with van der Waals surface area (Å²) in [7, 11) is 0. The second-order valence-corrected chi connectivity index (χ2v) is 9.19. The average molecular weight is 395 g/mol. The Balaban J connectivity index is 3.28. The first-order chi connectivity index (χ1) is 13.8. The fourth-order valence-electron chi connectivity index (χ4n) is 4.25. The van der Waals surface area contributed by atoms with Gasteiger partial charge in [0.1, 0.15) is 6.29 Å². The summed E-state index contributed by atoms with van der Waals surface area (Å²) in [4.78, 5) is 11.3. The molecule has 0 saturated carbocycles. The Kier molecular flexibility index (Phi) is 24.4. The van der Waals surface area contributed by atoms with Gasteiger partial charge in [0.05, 0.1) is 0 Å². The van der Waals surface area contributed by atoms with E-state index in [4.69, 9.17) is 0 Å². The minimum atomic E-state index is 0.340. The number of hydrogen-bond donors (Lipinski definition) is 0. The zero-order valence-corrected chi connectivity index (χ0v) is 19.8. The number of hydrogen-bond acceptors (Lipinski definition) is 1. The Labute approximate surface area is 178 Å². The lowest BCUT2D eigenvalue weighted by Crippen LogP contribution is -2.02. The van der Waals surface area contributed by atoms with E-state index in [0.29, 0.717) is 5.92 Å². The summed E-state index contributed by atoms with van der Waals surface area (Å²) in [5.74, 6) is 0.340. The molecule has 0 aliphatic rings. The average Bonchev–Trinajstić information content (AvgIpc) is 2.71. The summed E-state index contributed by atoms with van der Waals surface area (Å²) in [5, 5.41) is 0. The van der Waals surface area contributed by atoms with Gasteiger partial charge in [-0.1, -0.05) is 149 Å². The van der Waals surface area contributed by atoms with Crippen LogP contribution < -0.4 is 0 Å². The third-order valence-corrected chi connectivity index (χ3v) is 6.30. The monoisotopic (exact) mass is 394 g/mol. The van der Waals surface area contributed by atoms with E-state index in [1.165, 1.54) is 141 Å². The van der Waals surface area contributed by atoms with Gasteiger partial charge in [0.15, 0.2) is 0 Å². The lowest BCUT2D eigenvalue weighted by Gasteiger charge is -2.10. The van der Waals surface area contributed by atoms with E-state index in [0.717, 1.165) is 12.8 Å². The molecule has 0 heterocycles. The van der Waals surface area contributed by atoms with Gasteiger partial charge in [0.25, 0.3) is 0 Å². The largest absolute Gasteiger partial charge is 0.303 e. The minimum Gasteiger partial charge on any atom is -0.303 e. The maximum absolute atomic E-state index is 11.3. The van der Waals surface area contributed by atoms with Gasteiger partial charge in [-0.05, 0) is 12.8 Å². The highest BCUT2D eigenvalue weighted by Gasteiger charge is 2.06. The molecule has 0 aromatic rings. The molecule has 0 saturated heterocycles. The molecule has 1 nitrogen and oxygen atoms in total. The van der Waals surface area contributed by atoms with Gasteiger partial charge in [-0.3, -0.25) is 0 Å². The fourth-order valence-corrected chi connectivity index (χ4v) is 4.25. The summed E-state index contributed by atoms with van der Waals surface area (Å²) in [6.45, 7) is 4.57. The van der Waals surface area contributed by atoms with Gasteiger partial charge < -0.3 is 4.79 Å². The highest BCUT2D eigenvalue weighted by Crippen LogP contribution is 2.18. The Hall–Kier alpha value is -0.330. The molecule has 168 valence electrons. The van der Waals surface area contributed by atoms with Crippen LogP contribution in [-0.4, -0.2) is 6.29 Å². The van der Waals surface area contributed by atoms with Crippen LogP contribution in [0, 0.1) is 5.92 Å². The van der Waals surface area contributed by atoms with Crippen molar-refractivity contribution in [1.82, 2.24) is 0 Å². The molecule has 1 atom stereocenters. The van der Waals surface area contributed by atoms with Crippen molar-refractivity contribution >= 4 is 6.29 Å². The van der Waals surface area contributed by atoms with Gasteiger partial charge >= 0.3 is 0 Å². The molecule has 0 fully saturated rings. The molecule has 0 aliphatic carbocycles. The molecule has 28 heavy (non-hydrogen) atoms. The third kappa shape index (κ3) is 22.0. The number of carbonyl (C=O) groups is 1. The minimum absolute atomic E-state index is 0.340. The summed E-state index contributed by atoms with van der Waals surface area (Å²) < 4.78 is 0. The Morgan fingerprint density at radius 2 is 0.679 bits per heavy atom. The first-order valence-electron chi connectivity index (χ1n) is 13.3. The number of carbonyl (C=O) groups excluding carboxylic acids is 1. The normalized spacial score (nSPS) is 12.4. The van der Waals surface area contributed by atoms with Crippen LogP contribution in [0.4, 0.5) is 0 Å². The summed E-state index contributed by atoms with van der Waals surface area (Å²) in [6, 6.07) is 0. The van der Waals surface area contributed by atoms with Crippen molar-refractivity contribution in [2.24, 2.45) is 5.92 Å². The summed E-state index contributed by atoms with van der Waals surface area (Å²) >= 11 is 0. The van der Waals surface area contributed by atoms with E-state index in [1.54, 1.807) is 0 Å². The van der Waals surface area contributed by atoms with Crippen LogP contribution in [0.2, 0.25) is 0 Å². The zero-order valence-electron chi connectivity index (χ0n) is 19.8. The van der Waals surface area contributed by atoms with Gasteiger partial charge in [0.2, 0.25) is 0 Å². The van der Waals surface area contributed by atoms with E-state index >= 15 is 0 Å². The Bertz CT molecular complexity index is 286. The van der Waals surface area contributed by atoms with Crippen molar-refractivity contribution in [3.63, 3.8) is 0 Å². The maximum Gasteiger partial charge on any atom is 0.123 e. The van der Waals surface area contributed by atoms with E-state index in [1.807, 2.05) is 0 Å². The van der Waals surface area contributed by atoms with Crippen LogP contribution in [-0.2, 0) is 4.79 Å². The highest BCUT2D eigenvalue weighted by atomic mass is 16.1. The van der Waals surface area contributed by atoms with Crippen molar-refractivity contribution in [2.75, 3.05) is 0 Å². The first kappa shape index (κ1) is 27.7. The topological polar surface area (TPSA) is 17.1 Å². The Morgan fingerprint density at radius 1 is 0.429 bits per heavy atom. The molecule has 0 rings (SSSR count). The molecule has 1 unspecified atom stereocenters. The summed E-state index contributed by atoms with van der Waals surface area (Å²) in [6.07, 6.45) is 32.6. The standard InChI is InChI=1S/C27H54O/c1-3-5-7-9-11-13-15-17-19-21-23-25-27(26-28)24-22-20-18-16-14-12-10-8-6-4-2/h26-27H,3-25H2,1-2H3. The van der Waals surface area contributed by atoms with Gasteiger partial charge in [0, 0.05) is 5.92 Å². The van der Waals surface area contributed by atoms with Crippen LogP contribution in [0.25, 0.3) is 0 Å². The lowest BCUT2D eigenvalue weighted by atomic mass is 9.95. The first-order valence-corrected chi connectivity index (χ1v) is 13.3. The van der Waals surface area contributed by atoms with Crippen LogP contribution in [0.5, 0.6) is 0 Å². The predicted octanol–water partition coefficient (Wildman–Crippen LogP) is 9.81. The SMILES string of the molecule is CCCCCCCCCCCCCC(C=O)CCCCCCCCCCCC. The van der Waals surface area contributed by atoms with Crippen molar-refractivity contribution < 1.29 is 4.79 Å². The highest BCUT2D eigenvalue weighted by molar-refractivity contribution is 5.53. The van der Waals surface area contributed by atoms with Crippen LogP contribution >= 0.6 is 0 Å². The van der Waals surface area contributed by atoms with Crippen LogP contribution in [0.1, 0.15) is 162 Å². The molecular weight excluding hydrogens is 340 g/mol. The van der Waals surface area contributed by atoms with E-state index in [2.05, 4.69) is 13.8 Å². The van der Waals surface area contributed by atoms with E-state index in [-0.39, 0.29) is 0 Å². The molecule has 0 aliphatic heterocycles. The number of unbranched alkanes of at least 4 members (excludes halogenated alkanes) is 19. The molecule has 1 heteroatoms. The molecule has 0 bridgehead atoms. The molecule has 0 N–H and O–H groups in total. The molecule has 0 spiro atoms. The molecule has 0 amide bonds. The molecule has 0 radical (unpaired) electrons. The quantitative estimate of drug-likeness (QED) is 0.117. The van der Waals surface area contributed by atoms with Crippen molar-refractivity contribution in [2.45, 2.75) is 162 Å².